The van der Waals surface area contributed by atoms with Crippen LogP contribution in [0.1, 0.15) is 31.2 Å². The number of hydrogen-bond acceptors (Lipinski definition) is 7. The number of aliphatic hydroxyl groups is 1. The molecule has 154 valence electrons. The minimum Gasteiger partial charge on any atom is -0.474 e. The van der Waals surface area contributed by atoms with Crippen LogP contribution >= 0.6 is 11.3 Å². The first-order valence-corrected chi connectivity index (χ1v) is 10.7. The first-order chi connectivity index (χ1) is 13.9. The van der Waals surface area contributed by atoms with Crippen LogP contribution < -0.4 is 10.5 Å². The smallest absolute Gasteiger partial charge is 0.246 e. The van der Waals surface area contributed by atoms with Crippen molar-refractivity contribution in [3.05, 3.63) is 30.1 Å². The molecule has 3 N–H and O–H groups in total. The monoisotopic (exact) mass is 414 g/mol. The minimum atomic E-state index is -1.23. The molecular weight excluding hydrogens is 388 g/mol. The Kier molecular flexibility index (Phi) is 5.67. The summed E-state index contributed by atoms with van der Waals surface area (Å²) in [7, 11) is 4.25. The van der Waals surface area contributed by atoms with Crippen molar-refractivity contribution in [2.24, 2.45) is 5.73 Å². The number of nitrogens with zero attached hydrogens (tertiary/aromatic N) is 3. The van der Waals surface area contributed by atoms with E-state index in [1.807, 2.05) is 18.2 Å². The fourth-order valence-electron chi connectivity index (χ4n) is 4.10. The van der Waals surface area contributed by atoms with E-state index in [-0.39, 0.29) is 12.5 Å². The van der Waals surface area contributed by atoms with E-state index in [1.165, 1.54) is 6.33 Å². The SMILES string of the molecule is CN(C)[C@H]1CC[C@H](Oc2ncnc3sc4cccc(C[C@@H](O)C(N)=O)c4c23)CC1. The maximum atomic E-state index is 11.4. The average molecular weight is 415 g/mol. The molecule has 2 heterocycles. The number of nitrogens with two attached hydrogens (primary N) is 1. The van der Waals surface area contributed by atoms with Gasteiger partial charge in [-0.15, -0.1) is 11.3 Å². The first kappa shape index (κ1) is 20.0. The molecule has 29 heavy (non-hydrogen) atoms. The van der Waals surface area contributed by atoms with E-state index in [1.54, 1.807) is 11.3 Å². The van der Waals surface area contributed by atoms with Crippen LogP contribution in [0.5, 0.6) is 5.88 Å². The third kappa shape index (κ3) is 4.05. The summed E-state index contributed by atoms with van der Waals surface area (Å²) in [6.07, 6.45) is 4.77. The number of aliphatic hydroxyl groups excluding tert-OH is 1. The van der Waals surface area contributed by atoms with Gasteiger partial charge in [-0.2, -0.15) is 0 Å². The number of amides is 1. The van der Waals surface area contributed by atoms with Crippen molar-refractivity contribution in [2.75, 3.05) is 14.1 Å². The molecule has 0 radical (unpaired) electrons. The van der Waals surface area contributed by atoms with Crippen LogP contribution in [0.4, 0.5) is 0 Å². The molecule has 7 nitrogen and oxygen atoms in total. The summed E-state index contributed by atoms with van der Waals surface area (Å²) in [6.45, 7) is 0. The normalized spacial score (nSPS) is 21.0. The van der Waals surface area contributed by atoms with Crippen LogP contribution in [0.25, 0.3) is 20.3 Å². The van der Waals surface area contributed by atoms with E-state index in [4.69, 9.17) is 10.5 Å². The highest BCUT2D eigenvalue weighted by molar-refractivity contribution is 7.25. The lowest BCUT2D eigenvalue weighted by Crippen LogP contribution is -2.35. The molecule has 0 aliphatic heterocycles. The average Bonchev–Trinajstić information content (AvgIpc) is 3.09. The van der Waals surface area contributed by atoms with Gasteiger partial charge in [0.15, 0.2) is 0 Å². The number of carbonyl (C=O) groups is 1. The van der Waals surface area contributed by atoms with Crippen LogP contribution in [0.15, 0.2) is 24.5 Å². The standard InChI is InChI=1S/C21H26N4O3S/c1-25(2)13-6-8-14(9-7-13)28-20-18-17-12(10-15(26)19(22)27)4-3-5-16(17)29-21(18)24-11-23-20/h3-5,11,13-15,26H,6-10H2,1-2H3,(H2,22,27)/t13-,14-,15-/m1/s1. The molecule has 1 saturated carbocycles. The summed E-state index contributed by atoms with van der Waals surface area (Å²) < 4.78 is 7.38. The number of benzene rings is 1. The number of ether oxygens (including phenoxy) is 1. The highest BCUT2D eigenvalue weighted by Gasteiger charge is 2.26. The molecule has 0 spiro atoms. The summed E-state index contributed by atoms with van der Waals surface area (Å²) in [5.41, 5.74) is 6.11. The third-order valence-corrected chi connectivity index (χ3v) is 6.80. The Morgan fingerprint density at radius 1 is 1.28 bits per heavy atom. The van der Waals surface area contributed by atoms with Gasteiger partial charge in [-0.3, -0.25) is 4.79 Å². The van der Waals surface area contributed by atoms with E-state index >= 15 is 0 Å². The molecule has 8 heteroatoms. The molecule has 4 rings (SSSR count). The first-order valence-electron chi connectivity index (χ1n) is 9.89. The van der Waals surface area contributed by atoms with Crippen molar-refractivity contribution >= 4 is 37.5 Å². The van der Waals surface area contributed by atoms with Crippen molar-refractivity contribution in [1.82, 2.24) is 14.9 Å². The van der Waals surface area contributed by atoms with Gasteiger partial charge in [-0.25, -0.2) is 9.97 Å². The maximum absolute atomic E-state index is 11.4. The van der Waals surface area contributed by atoms with E-state index in [9.17, 15) is 9.90 Å². The van der Waals surface area contributed by atoms with Crippen molar-refractivity contribution in [1.29, 1.82) is 0 Å². The van der Waals surface area contributed by atoms with Crippen molar-refractivity contribution in [3.63, 3.8) is 0 Å². The highest BCUT2D eigenvalue weighted by atomic mass is 32.1. The third-order valence-electron chi connectivity index (χ3n) is 5.74. The Hall–Kier alpha value is -2.29. The Labute approximate surface area is 173 Å². The maximum Gasteiger partial charge on any atom is 0.246 e. The summed E-state index contributed by atoms with van der Waals surface area (Å²) in [4.78, 5) is 23.4. The second-order valence-corrected chi connectivity index (χ2v) is 8.92. The zero-order chi connectivity index (χ0) is 20.5. The molecule has 1 fully saturated rings. The second kappa shape index (κ2) is 8.22. The molecular formula is C21H26N4O3S. The second-order valence-electron chi connectivity index (χ2n) is 7.89. The number of primary amides is 1. The Morgan fingerprint density at radius 2 is 2.03 bits per heavy atom. The highest BCUT2D eigenvalue weighted by Crippen LogP contribution is 2.40. The summed E-state index contributed by atoms with van der Waals surface area (Å²) in [5.74, 6) is -0.150. The lowest BCUT2D eigenvalue weighted by Gasteiger charge is -2.32. The van der Waals surface area contributed by atoms with E-state index in [0.717, 1.165) is 51.5 Å². The predicted octanol–water partition coefficient (Wildman–Crippen LogP) is 2.48. The molecule has 1 aliphatic carbocycles. The van der Waals surface area contributed by atoms with Gasteiger partial charge in [0.05, 0.1) is 5.39 Å². The molecule has 1 aliphatic rings. The number of aromatic nitrogens is 2. The van der Waals surface area contributed by atoms with Crippen molar-refractivity contribution in [3.8, 4) is 5.88 Å². The van der Waals surface area contributed by atoms with Gasteiger partial charge in [-0.1, -0.05) is 12.1 Å². The lowest BCUT2D eigenvalue weighted by atomic mass is 9.92. The van der Waals surface area contributed by atoms with Crippen LogP contribution in [-0.4, -0.2) is 58.2 Å². The minimum absolute atomic E-state index is 0.127. The predicted molar refractivity (Wildman–Crippen MR) is 114 cm³/mol. The molecule has 0 saturated heterocycles. The summed E-state index contributed by atoms with van der Waals surface area (Å²) >= 11 is 1.56. The van der Waals surface area contributed by atoms with Gasteiger partial charge >= 0.3 is 0 Å². The zero-order valence-electron chi connectivity index (χ0n) is 16.7. The van der Waals surface area contributed by atoms with Crippen LogP contribution in [-0.2, 0) is 11.2 Å². The molecule has 1 aromatic carbocycles. The zero-order valence-corrected chi connectivity index (χ0v) is 17.5. The van der Waals surface area contributed by atoms with Gasteiger partial charge in [-0.05, 0) is 51.4 Å². The quantitative estimate of drug-likeness (QED) is 0.643. The molecule has 1 atom stereocenters. The molecule has 0 unspecified atom stereocenters. The number of fused-ring (bicyclic) bond motifs is 3. The number of rotatable bonds is 6. The summed E-state index contributed by atoms with van der Waals surface area (Å²) in [6, 6.07) is 6.43. The van der Waals surface area contributed by atoms with Gasteiger partial charge in [0, 0.05) is 22.5 Å². The number of hydrogen-bond donors (Lipinski definition) is 2. The molecule has 1 amide bonds. The van der Waals surface area contributed by atoms with E-state index < -0.39 is 12.0 Å². The van der Waals surface area contributed by atoms with E-state index in [2.05, 4.69) is 29.0 Å². The van der Waals surface area contributed by atoms with Gasteiger partial charge in [0.2, 0.25) is 11.8 Å². The van der Waals surface area contributed by atoms with Crippen LogP contribution in [0.2, 0.25) is 0 Å². The fourth-order valence-corrected chi connectivity index (χ4v) is 5.18. The topological polar surface area (TPSA) is 102 Å². The largest absolute Gasteiger partial charge is 0.474 e. The Bertz CT molecular complexity index is 1030. The van der Waals surface area contributed by atoms with Crippen molar-refractivity contribution < 1.29 is 14.6 Å². The number of carbonyl (C=O) groups excluding carboxylic acids is 1. The molecule has 3 aromatic rings. The molecule has 2 aromatic heterocycles. The van der Waals surface area contributed by atoms with Gasteiger partial charge < -0.3 is 20.5 Å². The number of thiophene rings is 1. The fraction of sp³-hybridized carbons (Fsp3) is 0.476. The van der Waals surface area contributed by atoms with Crippen LogP contribution in [0.3, 0.4) is 0 Å². The Morgan fingerprint density at radius 3 is 2.72 bits per heavy atom. The van der Waals surface area contributed by atoms with Gasteiger partial charge in [0.25, 0.3) is 0 Å². The summed E-state index contributed by atoms with van der Waals surface area (Å²) in [5, 5.41) is 11.8. The molecule has 0 bridgehead atoms. The van der Waals surface area contributed by atoms with E-state index in [0.29, 0.717) is 11.9 Å². The van der Waals surface area contributed by atoms with Gasteiger partial charge in [0.1, 0.15) is 23.4 Å². The lowest BCUT2D eigenvalue weighted by molar-refractivity contribution is -0.125. The van der Waals surface area contributed by atoms with Crippen molar-refractivity contribution in [2.45, 2.75) is 50.4 Å². The Balaban J connectivity index is 1.69. The van der Waals surface area contributed by atoms with Crippen LogP contribution in [0, 0.1) is 0 Å².